The number of hydrogen-bond acceptors (Lipinski definition) is 4. The molecule has 1 N–H and O–H groups in total. The molecule has 6 rings (SSSR count). The van der Waals surface area contributed by atoms with E-state index in [2.05, 4.69) is 87.6 Å². The van der Waals surface area contributed by atoms with Crippen LogP contribution in [0.2, 0.25) is 18.1 Å². The Balaban J connectivity index is 1.41. The Morgan fingerprint density at radius 2 is 1.47 bits per heavy atom. The highest BCUT2D eigenvalue weighted by Crippen LogP contribution is 2.69. The molecule has 3 fully saturated rings. The van der Waals surface area contributed by atoms with Crippen LogP contribution in [0.4, 0.5) is 0 Å². The van der Waals surface area contributed by atoms with Crippen molar-refractivity contribution in [2.24, 2.45) is 11.8 Å². The number of aromatic nitrogens is 1. The van der Waals surface area contributed by atoms with E-state index in [1.54, 1.807) is 0 Å². The zero-order valence-corrected chi connectivity index (χ0v) is 23.3. The van der Waals surface area contributed by atoms with Crippen LogP contribution in [0.25, 0.3) is 22.4 Å². The summed E-state index contributed by atoms with van der Waals surface area (Å²) in [5, 5.41) is 17.0. The summed E-state index contributed by atoms with van der Waals surface area (Å²) >= 11 is 0. The Labute approximate surface area is 216 Å². The molecule has 3 aliphatic carbocycles. The number of rotatable bonds is 8. The van der Waals surface area contributed by atoms with Crippen LogP contribution in [-0.2, 0) is 5.41 Å². The monoisotopic (exact) mass is 501 g/mol. The summed E-state index contributed by atoms with van der Waals surface area (Å²) in [7, 11) is -1.91. The first kappa shape index (κ1) is 24.0. The van der Waals surface area contributed by atoms with E-state index in [-0.39, 0.29) is 10.5 Å². The zero-order valence-electron chi connectivity index (χ0n) is 22.3. The lowest BCUT2D eigenvalue weighted by atomic mass is 9.73. The first-order valence-electron chi connectivity index (χ1n) is 13.6. The van der Waals surface area contributed by atoms with Crippen LogP contribution in [-0.4, -0.2) is 24.2 Å². The highest BCUT2D eigenvalue weighted by molar-refractivity contribution is 6.74. The Kier molecular flexibility index (Phi) is 5.37. The number of nitrogens with zero attached hydrogens (tertiary/aromatic N) is 1. The highest BCUT2D eigenvalue weighted by atomic mass is 28.4. The summed E-state index contributed by atoms with van der Waals surface area (Å²) in [6.07, 6.45) is 6.48. The molecule has 0 atom stereocenters. The first-order valence-corrected chi connectivity index (χ1v) is 16.5. The summed E-state index contributed by atoms with van der Waals surface area (Å²) in [6.45, 7) is 11.3. The minimum Gasteiger partial charge on any atom is -0.544 e. The molecular weight excluding hydrogens is 462 g/mol. The molecule has 2 aromatic carbocycles. The molecule has 3 saturated carbocycles. The summed E-state index contributed by atoms with van der Waals surface area (Å²) in [5.74, 6) is 2.60. The van der Waals surface area contributed by atoms with Gasteiger partial charge in [-0.05, 0) is 98.3 Å². The van der Waals surface area contributed by atoms with E-state index in [1.165, 1.54) is 0 Å². The van der Waals surface area contributed by atoms with Crippen molar-refractivity contribution in [3.05, 3.63) is 60.4 Å². The lowest BCUT2D eigenvalue weighted by Crippen LogP contribution is -2.47. The van der Waals surface area contributed by atoms with Crippen molar-refractivity contribution >= 4 is 8.32 Å². The van der Waals surface area contributed by atoms with Gasteiger partial charge >= 0.3 is 0 Å². The van der Waals surface area contributed by atoms with Gasteiger partial charge in [0.1, 0.15) is 11.4 Å². The second-order valence-corrected chi connectivity index (χ2v) is 17.7. The van der Waals surface area contributed by atoms with Crippen LogP contribution in [0.15, 0.2) is 59.1 Å². The molecule has 0 unspecified atom stereocenters. The number of hydrogen-bond donors (Lipinski definition) is 1. The molecule has 0 aliphatic heterocycles. The lowest BCUT2D eigenvalue weighted by molar-refractivity contribution is -0.0495. The summed E-state index contributed by atoms with van der Waals surface area (Å²) in [6, 6.07) is 18.8. The quantitative estimate of drug-likeness (QED) is 0.318. The molecule has 0 spiro atoms. The van der Waals surface area contributed by atoms with Crippen LogP contribution < -0.4 is 4.43 Å². The van der Waals surface area contributed by atoms with Gasteiger partial charge in [-0.15, -0.1) is 0 Å². The predicted octanol–water partition coefficient (Wildman–Crippen LogP) is 7.98. The minimum absolute atomic E-state index is 0.144. The molecule has 0 saturated heterocycles. The Morgan fingerprint density at radius 1 is 0.889 bits per heavy atom. The molecule has 0 bridgehead atoms. The van der Waals surface area contributed by atoms with E-state index in [0.29, 0.717) is 11.8 Å². The van der Waals surface area contributed by atoms with E-state index < -0.39 is 13.9 Å². The van der Waals surface area contributed by atoms with Gasteiger partial charge in [0.2, 0.25) is 8.32 Å². The lowest BCUT2D eigenvalue weighted by Gasteiger charge is -2.37. The van der Waals surface area contributed by atoms with Crippen molar-refractivity contribution in [2.45, 2.75) is 88.4 Å². The van der Waals surface area contributed by atoms with Crippen molar-refractivity contribution in [1.82, 2.24) is 5.16 Å². The normalized spacial score (nSPS) is 19.8. The van der Waals surface area contributed by atoms with Crippen LogP contribution in [0.3, 0.4) is 0 Å². The third-order valence-electron chi connectivity index (χ3n) is 9.41. The fourth-order valence-corrected chi connectivity index (χ4v) is 6.94. The molecular formula is C31H39NO3Si. The summed E-state index contributed by atoms with van der Waals surface area (Å²) < 4.78 is 12.8. The maximum absolute atomic E-state index is 12.2. The topological polar surface area (TPSA) is 55.5 Å². The van der Waals surface area contributed by atoms with E-state index in [0.717, 1.165) is 72.4 Å². The Bertz CT molecular complexity index is 1230. The number of benzene rings is 2. The fraction of sp³-hybridized carbons (Fsp3) is 0.516. The van der Waals surface area contributed by atoms with Crippen LogP contribution in [0.1, 0.15) is 65.1 Å². The molecule has 3 aromatic rings. The minimum atomic E-state index is -1.91. The van der Waals surface area contributed by atoms with Gasteiger partial charge in [0.15, 0.2) is 5.76 Å². The van der Waals surface area contributed by atoms with Crippen LogP contribution in [0.5, 0.6) is 5.75 Å². The van der Waals surface area contributed by atoms with Crippen LogP contribution in [0, 0.1) is 11.8 Å². The maximum atomic E-state index is 12.2. The van der Waals surface area contributed by atoms with Crippen molar-refractivity contribution in [3.8, 4) is 28.1 Å². The molecule has 0 amide bonds. The van der Waals surface area contributed by atoms with Crippen molar-refractivity contribution in [3.63, 3.8) is 0 Å². The molecule has 190 valence electrons. The predicted molar refractivity (Wildman–Crippen MR) is 147 cm³/mol. The van der Waals surface area contributed by atoms with Gasteiger partial charge < -0.3 is 14.1 Å². The Morgan fingerprint density at radius 3 is 1.97 bits per heavy atom. The van der Waals surface area contributed by atoms with E-state index in [1.807, 2.05) is 6.07 Å². The first-order chi connectivity index (χ1) is 17.1. The van der Waals surface area contributed by atoms with Gasteiger partial charge in [-0.1, -0.05) is 56.3 Å². The smallest absolute Gasteiger partial charge is 0.250 e. The van der Waals surface area contributed by atoms with Crippen molar-refractivity contribution < 1.29 is 14.1 Å². The van der Waals surface area contributed by atoms with Crippen LogP contribution >= 0.6 is 0 Å². The molecule has 1 heterocycles. The molecule has 0 radical (unpaired) electrons. The molecule has 3 aliphatic rings. The second kappa shape index (κ2) is 8.06. The van der Waals surface area contributed by atoms with E-state index in [9.17, 15) is 5.11 Å². The van der Waals surface area contributed by atoms with E-state index >= 15 is 0 Å². The third kappa shape index (κ3) is 3.78. The average molecular weight is 502 g/mol. The van der Waals surface area contributed by atoms with Gasteiger partial charge in [0.05, 0.1) is 16.6 Å². The number of aliphatic hydroxyl groups is 1. The fourth-order valence-electron chi connectivity index (χ4n) is 5.91. The van der Waals surface area contributed by atoms with Gasteiger partial charge in [-0.25, -0.2) is 0 Å². The SMILES string of the molecule is CC(C)(C)[Si](C)(C)Oc1ccc(-c2noc(C3(C(O)(C4CC4)C4CC4)CC3)c2-c2ccccc2)cc1. The van der Waals surface area contributed by atoms with Crippen molar-refractivity contribution in [1.29, 1.82) is 0 Å². The van der Waals surface area contributed by atoms with Gasteiger partial charge in [0, 0.05) is 5.56 Å². The van der Waals surface area contributed by atoms with E-state index in [4.69, 9.17) is 8.95 Å². The zero-order chi connectivity index (χ0) is 25.3. The van der Waals surface area contributed by atoms with Gasteiger partial charge in [0.25, 0.3) is 0 Å². The maximum Gasteiger partial charge on any atom is 0.250 e. The largest absolute Gasteiger partial charge is 0.544 e. The van der Waals surface area contributed by atoms with Crippen molar-refractivity contribution in [2.75, 3.05) is 0 Å². The standard InChI is InChI=1S/C31H39NO3Si/c1-29(2,3)36(4,5)35-25-17-11-22(12-18-25)27-26(21-9-7-6-8-10-21)28(34-32-27)30(19-20-30)31(33,23-13-14-23)24-15-16-24/h6-12,17-18,23-24,33H,13-16,19-20H2,1-5H3. The van der Waals surface area contributed by atoms with Gasteiger partial charge in [-0.2, -0.15) is 0 Å². The summed E-state index contributed by atoms with van der Waals surface area (Å²) in [5.41, 5.74) is 3.06. The van der Waals surface area contributed by atoms with Gasteiger partial charge in [-0.3, -0.25) is 0 Å². The summed E-state index contributed by atoms with van der Waals surface area (Å²) in [4.78, 5) is 0. The molecule has 5 heteroatoms. The molecule has 4 nitrogen and oxygen atoms in total. The molecule has 36 heavy (non-hydrogen) atoms. The highest BCUT2D eigenvalue weighted by Gasteiger charge is 2.71. The third-order valence-corrected chi connectivity index (χ3v) is 13.8. The Hall–Kier alpha value is -2.37. The average Bonchev–Trinajstić information content (AvgIpc) is 3.71. The molecule has 1 aromatic heterocycles. The second-order valence-electron chi connectivity index (χ2n) is 12.9.